The molecule has 1 aromatic heterocycles. The zero-order chi connectivity index (χ0) is 11.4. The van der Waals surface area contributed by atoms with E-state index in [2.05, 4.69) is 17.0 Å². The lowest BCUT2D eigenvalue weighted by Crippen LogP contribution is -1.97. The van der Waals surface area contributed by atoms with Gasteiger partial charge in [-0.15, -0.1) is 5.10 Å². The van der Waals surface area contributed by atoms with Crippen LogP contribution in [0.2, 0.25) is 5.02 Å². The van der Waals surface area contributed by atoms with E-state index in [-0.39, 0.29) is 0 Å². The van der Waals surface area contributed by atoms with Gasteiger partial charge < -0.3 is 4.74 Å². The Balaban J connectivity index is 2.11. The summed E-state index contributed by atoms with van der Waals surface area (Å²) in [6.45, 7) is 2.91. The van der Waals surface area contributed by atoms with Crippen molar-refractivity contribution in [3.63, 3.8) is 0 Å². The maximum absolute atomic E-state index is 5.95. The zero-order valence-electron chi connectivity index (χ0n) is 8.93. The SMILES string of the molecule is CCCn1cnc(Oc2ccccc2Cl)n1. The molecule has 5 heteroatoms. The topological polar surface area (TPSA) is 39.9 Å². The van der Waals surface area contributed by atoms with E-state index in [9.17, 15) is 0 Å². The summed E-state index contributed by atoms with van der Waals surface area (Å²) in [6, 6.07) is 7.56. The van der Waals surface area contributed by atoms with Crippen LogP contribution in [0.25, 0.3) is 0 Å². The van der Waals surface area contributed by atoms with E-state index in [1.54, 1.807) is 23.1 Å². The monoisotopic (exact) mass is 237 g/mol. The van der Waals surface area contributed by atoms with Crippen LogP contribution in [0.3, 0.4) is 0 Å². The van der Waals surface area contributed by atoms with Crippen molar-refractivity contribution in [2.24, 2.45) is 0 Å². The maximum atomic E-state index is 5.95. The summed E-state index contributed by atoms with van der Waals surface area (Å²) >= 11 is 5.95. The van der Waals surface area contributed by atoms with Gasteiger partial charge in [0.15, 0.2) is 0 Å². The number of hydrogen-bond acceptors (Lipinski definition) is 3. The number of para-hydroxylation sites is 1. The predicted molar refractivity (Wildman–Crippen MR) is 61.8 cm³/mol. The molecule has 0 aliphatic rings. The Morgan fingerprint density at radius 2 is 2.19 bits per heavy atom. The molecule has 0 spiro atoms. The van der Waals surface area contributed by atoms with Crippen LogP contribution in [0.15, 0.2) is 30.6 Å². The van der Waals surface area contributed by atoms with Gasteiger partial charge in [0.1, 0.15) is 12.1 Å². The largest absolute Gasteiger partial charge is 0.422 e. The van der Waals surface area contributed by atoms with E-state index in [4.69, 9.17) is 16.3 Å². The van der Waals surface area contributed by atoms with Crippen LogP contribution >= 0.6 is 11.6 Å². The van der Waals surface area contributed by atoms with Gasteiger partial charge in [-0.1, -0.05) is 30.7 Å². The first-order valence-corrected chi connectivity index (χ1v) is 5.49. The number of nitrogens with zero attached hydrogens (tertiary/aromatic N) is 3. The van der Waals surface area contributed by atoms with Crippen LogP contribution < -0.4 is 4.74 Å². The van der Waals surface area contributed by atoms with Crippen molar-refractivity contribution >= 4 is 11.6 Å². The summed E-state index contributed by atoms with van der Waals surface area (Å²) in [5.74, 6) is 0.568. The minimum Gasteiger partial charge on any atom is -0.422 e. The highest BCUT2D eigenvalue weighted by Gasteiger charge is 2.05. The molecule has 2 rings (SSSR count). The summed E-state index contributed by atoms with van der Waals surface area (Å²) in [4.78, 5) is 4.04. The number of halogens is 1. The molecule has 0 saturated heterocycles. The summed E-state index contributed by atoms with van der Waals surface area (Å²) < 4.78 is 7.20. The third kappa shape index (κ3) is 2.52. The number of benzene rings is 1. The van der Waals surface area contributed by atoms with Crippen molar-refractivity contribution in [1.29, 1.82) is 0 Å². The fraction of sp³-hybridized carbons (Fsp3) is 0.273. The van der Waals surface area contributed by atoms with Gasteiger partial charge in [-0.2, -0.15) is 4.98 Å². The van der Waals surface area contributed by atoms with Crippen LogP contribution in [-0.4, -0.2) is 14.8 Å². The van der Waals surface area contributed by atoms with E-state index in [0.29, 0.717) is 16.8 Å². The van der Waals surface area contributed by atoms with Crippen molar-refractivity contribution < 1.29 is 4.74 Å². The van der Waals surface area contributed by atoms with Crippen molar-refractivity contribution in [3.8, 4) is 11.8 Å². The number of ether oxygens (including phenoxy) is 1. The normalized spacial score (nSPS) is 10.4. The molecule has 2 aromatic rings. The van der Waals surface area contributed by atoms with E-state index in [0.717, 1.165) is 13.0 Å². The third-order valence-corrected chi connectivity index (χ3v) is 2.32. The molecule has 0 radical (unpaired) electrons. The molecule has 0 bridgehead atoms. The van der Waals surface area contributed by atoms with Crippen molar-refractivity contribution in [3.05, 3.63) is 35.6 Å². The minimum atomic E-state index is 0.321. The van der Waals surface area contributed by atoms with Crippen molar-refractivity contribution in [1.82, 2.24) is 14.8 Å². The van der Waals surface area contributed by atoms with Gasteiger partial charge in [-0.3, -0.25) is 0 Å². The Bertz CT molecular complexity index is 470. The first kappa shape index (κ1) is 11.0. The van der Waals surface area contributed by atoms with Gasteiger partial charge in [-0.05, 0) is 18.6 Å². The maximum Gasteiger partial charge on any atom is 0.341 e. The molecule has 1 aromatic carbocycles. The molecular formula is C11H12ClN3O. The molecule has 0 saturated carbocycles. The van der Waals surface area contributed by atoms with Crippen LogP contribution in [-0.2, 0) is 6.54 Å². The highest BCUT2D eigenvalue weighted by atomic mass is 35.5. The standard InChI is InChI=1S/C11H12ClN3O/c1-2-7-15-8-13-11(14-15)16-10-6-4-3-5-9(10)12/h3-6,8H,2,7H2,1H3. The van der Waals surface area contributed by atoms with Crippen LogP contribution in [0, 0.1) is 0 Å². The fourth-order valence-electron chi connectivity index (χ4n) is 1.29. The molecule has 4 nitrogen and oxygen atoms in total. The lowest BCUT2D eigenvalue weighted by atomic mass is 10.3. The first-order valence-electron chi connectivity index (χ1n) is 5.11. The Hall–Kier alpha value is -1.55. The minimum absolute atomic E-state index is 0.321. The number of aromatic nitrogens is 3. The summed E-state index contributed by atoms with van der Waals surface area (Å²) in [7, 11) is 0. The number of rotatable bonds is 4. The molecule has 1 heterocycles. The van der Waals surface area contributed by atoms with Gasteiger partial charge >= 0.3 is 6.01 Å². The van der Waals surface area contributed by atoms with Gasteiger partial charge in [0.25, 0.3) is 0 Å². The molecule has 0 unspecified atom stereocenters. The lowest BCUT2D eigenvalue weighted by molar-refractivity contribution is 0.434. The lowest BCUT2D eigenvalue weighted by Gasteiger charge is -2.02. The van der Waals surface area contributed by atoms with Gasteiger partial charge in [0.2, 0.25) is 0 Å². The fourth-order valence-corrected chi connectivity index (χ4v) is 1.46. The zero-order valence-corrected chi connectivity index (χ0v) is 9.68. The summed E-state index contributed by atoms with van der Waals surface area (Å²) in [6.07, 6.45) is 2.66. The second-order valence-corrected chi connectivity index (χ2v) is 3.73. The Morgan fingerprint density at radius 1 is 1.38 bits per heavy atom. The van der Waals surface area contributed by atoms with Gasteiger partial charge in [0.05, 0.1) is 5.02 Å². The quantitative estimate of drug-likeness (QED) is 0.820. The molecule has 0 N–H and O–H groups in total. The Kier molecular flexibility index (Phi) is 3.41. The Morgan fingerprint density at radius 3 is 2.94 bits per heavy atom. The number of aryl methyl sites for hydroxylation is 1. The summed E-state index contributed by atoms with van der Waals surface area (Å²) in [5, 5.41) is 4.71. The Labute approximate surface area is 98.8 Å². The van der Waals surface area contributed by atoms with Gasteiger partial charge in [-0.25, -0.2) is 4.68 Å². The highest BCUT2D eigenvalue weighted by molar-refractivity contribution is 6.32. The molecule has 0 fully saturated rings. The molecule has 0 aliphatic carbocycles. The molecular weight excluding hydrogens is 226 g/mol. The van der Waals surface area contributed by atoms with Crippen LogP contribution in [0.4, 0.5) is 0 Å². The molecule has 16 heavy (non-hydrogen) atoms. The summed E-state index contributed by atoms with van der Waals surface area (Å²) in [5.41, 5.74) is 0. The van der Waals surface area contributed by atoms with E-state index >= 15 is 0 Å². The van der Waals surface area contributed by atoms with E-state index in [1.807, 2.05) is 12.1 Å². The van der Waals surface area contributed by atoms with Crippen LogP contribution in [0.5, 0.6) is 11.8 Å². The average molecular weight is 238 g/mol. The van der Waals surface area contributed by atoms with Crippen LogP contribution in [0.1, 0.15) is 13.3 Å². The average Bonchev–Trinajstić information content (AvgIpc) is 2.70. The predicted octanol–water partition coefficient (Wildman–Crippen LogP) is 3.13. The second kappa shape index (κ2) is 4.99. The second-order valence-electron chi connectivity index (χ2n) is 3.32. The molecule has 0 aliphatic heterocycles. The molecule has 84 valence electrons. The van der Waals surface area contributed by atoms with Gasteiger partial charge in [0, 0.05) is 6.54 Å². The molecule has 0 atom stereocenters. The smallest absolute Gasteiger partial charge is 0.341 e. The number of hydrogen-bond donors (Lipinski definition) is 0. The highest BCUT2D eigenvalue weighted by Crippen LogP contribution is 2.26. The third-order valence-electron chi connectivity index (χ3n) is 2.01. The first-order chi connectivity index (χ1) is 7.79. The van der Waals surface area contributed by atoms with Crippen molar-refractivity contribution in [2.45, 2.75) is 19.9 Å². The molecule has 0 amide bonds. The van der Waals surface area contributed by atoms with E-state index < -0.39 is 0 Å². The van der Waals surface area contributed by atoms with E-state index in [1.165, 1.54) is 0 Å². The van der Waals surface area contributed by atoms with Crippen molar-refractivity contribution in [2.75, 3.05) is 0 Å².